The Labute approximate surface area is 150 Å². The minimum atomic E-state index is 0.0174. The highest BCUT2D eigenvalue weighted by Crippen LogP contribution is 2.53. The Balaban J connectivity index is 1.25. The van der Waals surface area contributed by atoms with E-state index in [0.717, 1.165) is 24.0 Å². The molecule has 0 heterocycles. The molecular formula is C21H29NO3. The van der Waals surface area contributed by atoms with Crippen LogP contribution in [-0.2, 0) is 4.79 Å². The molecule has 0 aromatic heterocycles. The topological polar surface area (TPSA) is 47.6 Å². The van der Waals surface area contributed by atoms with Crippen LogP contribution in [0, 0.1) is 23.7 Å². The summed E-state index contributed by atoms with van der Waals surface area (Å²) >= 11 is 0. The SMILES string of the molecule is CCCOc1ccc(OCC(=O)NC2C3CC4CC(C3)CC2C4)cc1. The van der Waals surface area contributed by atoms with Crippen molar-refractivity contribution in [3.63, 3.8) is 0 Å². The van der Waals surface area contributed by atoms with Crippen molar-refractivity contribution < 1.29 is 14.3 Å². The van der Waals surface area contributed by atoms with Crippen molar-refractivity contribution in [2.75, 3.05) is 13.2 Å². The van der Waals surface area contributed by atoms with Gasteiger partial charge >= 0.3 is 0 Å². The van der Waals surface area contributed by atoms with Crippen LogP contribution in [0.2, 0.25) is 0 Å². The number of hydrogen-bond acceptors (Lipinski definition) is 3. The lowest BCUT2D eigenvalue weighted by molar-refractivity contribution is -0.127. The lowest BCUT2D eigenvalue weighted by Gasteiger charge is -2.54. The summed E-state index contributed by atoms with van der Waals surface area (Å²) in [5, 5.41) is 3.28. The molecule has 4 saturated carbocycles. The van der Waals surface area contributed by atoms with E-state index in [1.54, 1.807) is 0 Å². The van der Waals surface area contributed by atoms with Crippen LogP contribution in [0.15, 0.2) is 24.3 Å². The number of carbonyl (C=O) groups excluding carboxylic acids is 1. The number of carbonyl (C=O) groups is 1. The zero-order valence-electron chi connectivity index (χ0n) is 15.1. The summed E-state index contributed by atoms with van der Waals surface area (Å²) in [4.78, 5) is 12.4. The molecule has 0 atom stereocenters. The van der Waals surface area contributed by atoms with Crippen LogP contribution in [0.25, 0.3) is 0 Å². The van der Waals surface area contributed by atoms with E-state index in [1.165, 1.54) is 32.1 Å². The zero-order valence-corrected chi connectivity index (χ0v) is 15.1. The van der Waals surface area contributed by atoms with E-state index in [4.69, 9.17) is 9.47 Å². The molecule has 5 rings (SSSR count). The highest BCUT2D eigenvalue weighted by Gasteiger charge is 2.48. The smallest absolute Gasteiger partial charge is 0.258 e. The molecule has 0 unspecified atom stereocenters. The number of nitrogens with one attached hydrogen (secondary N) is 1. The minimum absolute atomic E-state index is 0.0174. The average molecular weight is 343 g/mol. The fraction of sp³-hybridized carbons (Fsp3) is 0.667. The van der Waals surface area contributed by atoms with Gasteiger partial charge in [0.1, 0.15) is 11.5 Å². The van der Waals surface area contributed by atoms with Gasteiger partial charge in [0.2, 0.25) is 0 Å². The molecule has 4 aliphatic carbocycles. The first-order valence-electron chi connectivity index (χ1n) is 9.86. The summed E-state index contributed by atoms with van der Waals surface area (Å²) in [6.07, 6.45) is 7.70. The number of amides is 1. The third-order valence-electron chi connectivity index (χ3n) is 6.22. The lowest BCUT2D eigenvalue weighted by atomic mass is 9.54. The Hall–Kier alpha value is -1.71. The van der Waals surface area contributed by atoms with Crippen molar-refractivity contribution in [1.29, 1.82) is 0 Å². The quantitative estimate of drug-likeness (QED) is 0.819. The Morgan fingerprint density at radius 3 is 2.08 bits per heavy atom. The van der Waals surface area contributed by atoms with Crippen LogP contribution in [0.4, 0.5) is 0 Å². The Morgan fingerprint density at radius 1 is 0.960 bits per heavy atom. The normalized spacial score (nSPS) is 32.4. The standard InChI is InChI=1S/C21H29NO3/c1-2-7-24-18-3-5-19(6-4-18)25-13-20(23)22-21-16-9-14-8-15(11-16)12-17(21)10-14/h3-6,14-17,21H,2,7-13H2,1H3,(H,22,23). The largest absolute Gasteiger partial charge is 0.494 e. The van der Waals surface area contributed by atoms with Crippen LogP contribution < -0.4 is 14.8 Å². The van der Waals surface area contributed by atoms with Gasteiger partial charge in [-0.05, 0) is 86.5 Å². The molecule has 0 spiro atoms. The lowest BCUT2D eigenvalue weighted by Crippen LogP contribution is -2.56. The second-order valence-corrected chi connectivity index (χ2v) is 8.13. The highest BCUT2D eigenvalue weighted by atomic mass is 16.5. The van der Waals surface area contributed by atoms with Crippen molar-refractivity contribution >= 4 is 5.91 Å². The fourth-order valence-electron chi connectivity index (χ4n) is 5.39. The Bertz CT molecular complexity index is 570. The molecule has 4 heteroatoms. The predicted molar refractivity (Wildman–Crippen MR) is 96.7 cm³/mol. The Kier molecular flexibility index (Phi) is 4.87. The second kappa shape index (κ2) is 7.27. The number of hydrogen-bond donors (Lipinski definition) is 1. The summed E-state index contributed by atoms with van der Waals surface area (Å²) < 4.78 is 11.2. The van der Waals surface area contributed by atoms with Gasteiger partial charge in [-0.25, -0.2) is 0 Å². The minimum Gasteiger partial charge on any atom is -0.494 e. The maximum absolute atomic E-state index is 12.4. The molecular weight excluding hydrogens is 314 g/mol. The Morgan fingerprint density at radius 2 is 1.52 bits per heavy atom. The van der Waals surface area contributed by atoms with Crippen LogP contribution in [0.3, 0.4) is 0 Å². The molecule has 1 aromatic carbocycles. The molecule has 1 N–H and O–H groups in total. The molecule has 4 bridgehead atoms. The number of benzene rings is 1. The molecule has 0 saturated heterocycles. The van der Waals surface area contributed by atoms with Gasteiger partial charge in [0.15, 0.2) is 6.61 Å². The van der Waals surface area contributed by atoms with E-state index in [-0.39, 0.29) is 12.5 Å². The van der Waals surface area contributed by atoms with Crippen LogP contribution in [0.5, 0.6) is 11.5 Å². The van der Waals surface area contributed by atoms with Gasteiger partial charge < -0.3 is 14.8 Å². The van der Waals surface area contributed by atoms with Crippen LogP contribution in [-0.4, -0.2) is 25.2 Å². The van der Waals surface area contributed by atoms with E-state index in [1.807, 2.05) is 24.3 Å². The average Bonchev–Trinajstić information content (AvgIpc) is 2.61. The van der Waals surface area contributed by atoms with Gasteiger partial charge in [-0.3, -0.25) is 4.79 Å². The van der Waals surface area contributed by atoms with Crippen molar-refractivity contribution in [2.24, 2.45) is 23.7 Å². The summed E-state index contributed by atoms with van der Waals surface area (Å²) in [5.74, 6) is 4.84. The first kappa shape index (κ1) is 16.7. The first-order chi connectivity index (χ1) is 12.2. The molecule has 25 heavy (non-hydrogen) atoms. The maximum atomic E-state index is 12.4. The predicted octanol–water partition coefficient (Wildman–Crippen LogP) is 3.80. The highest BCUT2D eigenvalue weighted by molar-refractivity contribution is 5.78. The third kappa shape index (κ3) is 3.78. The molecule has 1 amide bonds. The summed E-state index contributed by atoms with van der Waals surface area (Å²) in [5.41, 5.74) is 0. The molecule has 4 aliphatic rings. The van der Waals surface area contributed by atoms with Crippen molar-refractivity contribution in [3.8, 4) is 11.5 Å². The first-order valence-corrected chi connectivity index (χ1v) is 9.86. The summed E-state index contributed by atoms with van der Waals surface area (Å²) in [6.45, 7) is 2.89. The van der Waals surface area contributed by atoms with Gasteiger partial charge in [-0.15, -0.1) is 0 Å². The number of ether oxygens (including phenoxy) is 2. The third-order valence-corrected chi connectivity index (χ3v) is 6.22. The van der Waals surface area contributed by atoms with E-state index in [0.29, 0.717) is 30.2 Å². The molecule has 4 fully saturated rings. The fourth-order valence-corrected chi connectivity index (χ4v) is 5.39. The summed E-state index contributed by atoms with van der Waals surface area (Å²) in [6, 6.07) is 7.89. The molecule has 4 nitrogen and oxygen atoms in total. The second-order valence-electron chi connectivity index (χ2n) is 8.13. The monoisotopic (exact) mass is 343 g/mol. The molecule has 136 valence electrons. The van der Waals surface area contributed by atoms with Crippen molar-refractivity contribution in [2.45, 2.75) is 51.5 Å². The zero-order chi connectivity index (χ0) is 17.2. The van der Waals surface area contributed by atoms with Crippen LogP contribution in [0.1, 0.15) is 45.4 Å². The van der Waals surface area contributed by atoms with E-state index >= 15 is 0 Å². The summed E-state index contributed by atoms with van der Waals surface area (Å²) in [7, 11) is 0. The molecule has 0 aliphatic heterocycles. The maximum Gasteiger partial charge on any atom is 0.258 e. The van der Waals surface area contributed by atoms with Gasteiger partial charge in [-0.2, -0.15) is 0 Å². The number of rotatable bonds is 7. The van der Waals surface area contributed by atoms with Crippen LogP contribution >= 0.6 is 0 Å². The van der Waals surface area contributed by atoms with Crippen molar-refractivity contribution in [3.05, 3.63) is 24.3 Å². The van der Waals surface area contributed by atoms with Crippen molar-refractivity contribution in [1.82, 2.24) is 5.32 Å². The van der Waals surface area contributed by atoms with E-state index in [9.17, 15) is 4.79 Å². The van der Waals surface area contributed by atoms with Gasteiger partial charge in [0.25, 0.3) is 5.91 Å². The van der Waals surface area contributed by atoms with Gasteiger partial charge in [0.05, 0.1) is 6.61 Å². The molecule has 0 radical (unpaired) electrons. The van der Waals surface area contributed by atoms with E-state index in [2.05, 4.69) is 12.2 Å². The van der Waals surface area contributed by atoms with E-state index < -0.39 is 0 Å². The van der Waals surface area contributed by atoms with Gasteiger partial charge in [-0.1, -0.05) is 6.92 Å². The van der Waals surface area contributed by atoms with Gasteiger partial charge in [0, 0.05) is 6.04 Å². The molecule has 1 aromatic rings.